The fourth-order valence-corrected chi connectivity index (χ4v) is 2.10. The third-order valence-electron chi connectivity index (χ3n) is 3.32. The van der Waals surface area contributed by atoms with Crippen LogP contribution in [0.3, 0.4) is 0 Å². The standard InChI is InChI=1S/C14H16N2O3/c1-9-14(17)13(15-16(9)2)10-4-5-11-12(8-10)19-7-3-6-18-11/h4-5,8,17H,3,6-7H2,1-2H3. The van der Waals surface area contributed by atoms with E-state index < -0.39 is 0 Å². The molecule has 100 valence electrons. The second-order valence-corrected chi connectivity index (χ2v) is 4.62. The van der Waals surface area contributed by atoms with Gasteiger partial charge in [-0.15, -0.1) is 0 Å². The number of benzene rings is 1. The summed E-state index contributed by atoms with van der Waals surface area (Å²) in [6.07, 6.45) is 0.873. The molecule has 1 aliphatic rings. The van der Waals surface area contributed by atoms with E-state index in [1.54, 1.807) is 4.68 Å². The molecule has 19 heavy (non-hydrogen) atoms. The molecule has 2 aromatic rings. The number of aromatic hydroxyl groups is 1. The van der Waals surface area contributed by atoms with Crippen molar-refractivity contribution < 1.29 is 14.6 Å². The summed E-state index contributed by atoms with van der Waals surface area (Å²) in [5, 5.41) is 14.4. The average molecular weight is 260 g/mol. The molecule has 0 fully saturated rings. The van der Waals surface area contributed by atoms with Crippen LogP contribution in [-0.4, -0.2) is 28.1 Å². The van der Waals surface area contributed by atoms with Gasteiger partial charge in [0.15, 0.2) is 17.2 Å². The van der Waals surface area contributed by atoms with Gasteiger partial charge in [0.2, 0.25) is 0 Å². The number of fused-ring (bicyclic) bond motifs is 1. The van der Waals surface area contributed by atoms with Gasteiger partial charge in [-0.1, -0.05) is 0 Å². The Kier molecular flexibility index (Phi) is 2.81. The third kappa shape index (κ3) is 2.01. The topological polar surface area (TPSA) is 56.5 Å². The largest absolute Gasteiger partial charge is 0.504 e. The summed E-state index contributed by atoms with van der Waals surface area (Å²) < 4.78 is 12.9. The zero-order chi connectivity index (χ0) is 13.4. The summed E-state index contributed by atoms with van der Waals surface area (Å²) in [6, 6.07) is 5.61. The van der Waals surface area contributed by atoms with E-state index in [2.05, 4.69) is 5.10 Å². The summed E-state index contributed by atoms with van der Waals surface area (Å²) in [5.41, 5.74) is 2.13. The van der Waals surface area contributed by atoms with Gasteiger partial charge in [-0.3, -0.25) is 4.68 Å². The van der Waals surface area contributed by atoms with Gasteiger partial charge in [0.1, 0.15) is 5.69 Å². The van der Waals surface area contributed by atoms with E-state index in [9.17, 15) is 5.11 Å². The molecule has 0 aliphatic carbocycles. The van der Waals surface area contributed by atoms with E-state index in [-0.39, 0.29) is 5.75 Å². The van der Waals surface area contributed by atoms with E-state index in [0.29, 0.717) is 24.7 Å². The van der Waals surface area contributed by atoms with Crippen LogP contribution in [0.4, 0.5) is 0 Å². The monoisotopic (exact) mass is 260 g/mol. The Morgan fingerprint density at radius 3 is 2.63 bits per heavy atom. The van der Waals surface area contributed by atoms with Crippen molar-refractivity contribution in [3.8, 4) is 28.5 Å². The molecule has 1 aliphatic heterocycles. The van der Waals surface area contributed by atoms with Crippen LogP contribution in [0, 0.1) is 6.92 Å². The second kappa shape index (κ2) is 4.50. The van der Waals surface area contributed by atoms with Crippen LogP contribution in [0.15, 0.2) is 18.2 Å². The first-order valence-corrected chi connectivity index (χ1v) is 6.29. The SMILES string of the molecule is Cc1c(O)c(-c2ccc3c(c2)OCCCO3)nn1C. The Labute approximate surface area is 111 Å². The highest BCUT2D eigenvalue weighted by atomic mass is 16.5. The minimum absolute atomic E-state index is 0.206. The molecule has 1 aromatic heterocycles. The van der Waals surface area contributed by atoms with Crippen LogP contribution < -0.4 is 9.47 Å². The molecule has 2 heterocycles. The van der Waals surface area contributed by atoms with Crippen molar-refractivity contribution in [2.75, 3.05) is 13.2 Å². The first-order chi connectivity index (χ1) is 9.16. The molecule has 0 amide bonds. The van der Waals surface area contributed by atoms with E-state index in [1.807, 2.05) is 32.2 Å². The van der Waals surface area contributed by atoms with Crippen molar-refractivity contribution in [3.05, 3.63) is 23.9 Å². The summed E-state index contributed by atoms with van der Waals surface area (Å²) >= 11 is 0. The third-order valence-corrected chi connectivity index (χ3v) is 3.32. The summed E-state index contributed by atoms with van der Waals surface area (Å²) in [4.78, 5) is 0. The molecular formula is C14H16N2O3. The molecule has 1 aromatic carbocycles. The van der Waals surface area contributed by atoms with E-state index in [0.717, 1.165) is 23.4 Å². The molecule has 1 N–H and O–H groups in total. The number of aryl methyl sites for hydroxylation is 1. The van der Waals surface area contributed by atoms with Crippen molar-refractivity contribution in [1.82, 2.24) is 9.78 Å². The number of rotatable bonds is 1. The zero-order valence-electron chi connectivity index (χ0n) is 11.0. The zero-order valence-corrected chi connectivity index (χ0v) is 11.0. The van der Waals surface area contributed by atoms with Crippen molar-refractivity contribution in [2.24, 2.45) is 7.05 Å². The molecule has 0 spiro atoms. The van der Waals surface area contributed by atoms with Gasteiger partial charge in [-0.2, -0.15) is 5.10 Å². The molecule has 5 nitrogen and oxygen atoms in total. The highest BCUT2D eigenvalue weighted by Gasteiger charge is 2.17. The highest BCUT2D eigenvalue weighted by molar-refractivity contribution is 5.70. The van der Waals surface area contributed by atoms with Gasteiger partial charge < -0.3 is 14.6 Å². The van der Waals surface area contributed by atoms with E-state index >= 15 is 0 Å². The number of hydrogen-bond donors (Lipinski definition) is 1. The lowest BCUT2D eigenvalue weighted by molar-refractivity contribution is 0.297. The Balaban J connectivity index is 2.06. The predicted molar refractivity (Wildman–Crippen MR) is 70.7 cm³/mol. The average Bonchev–Trinajstić information content (AvgIpc) is 2.63. The fraction of sp³-hybridized carbons (Fsp3) is 0.357. The number of ether oxygens (including phenoxy) is 2. The molecule has 5 heteroatoms. The van der Waals surface area contributed by atoms with Crippen LogP contribution in [0.25, 0.3) is 11.3 Å². The number of nitrogens with zero attached hydrogens (tertiary/aromatic N) is 2. The Hall–Kier alpha value is -2.17. The second-order valence-electron chi connectivity index (χ2n) is 4.62. The van der Waals surface area contributed by atoms with Crippen LogP contribution in [0.5, 0.6) is 17.2 Å². The summed E-state index contributed by atoms with van der Waals surface area (Å²) in [5.74, 6) is 1.66. The van der Waals surface area contributed by atoms with Crippen LogP contribution >= 0.6 is 0 Å². The molecule has 0 radical (unpaired) electrons. The predicted octanol–water partition coefficient (Wildman–Crippen LogP) is 2.26. The van der Waals surface area contributed by atoms with Gasteiger partial charge in [0.25, 0.3) is 0 Å². The Morgan fingerprint density at radius 2 is 1.95 bits per heavy atom. The van der Waals surface area contributed by atoms with Gasteiger partial charge in [-0.05, 0) is 25.1 Å². The molecule has 0 bridgehead atoms. The van der Waals surface area contributed by atoms with Crippen molar-refractivity contribution in [3.63, 3.8) is 0 Å². The summed E-state index contributed by atoms with van der Waals surface area (Å²) in [7, 11) is 1.81. The van der Waals surface area contributed by atoms with Gasteiger partial charge in [0, 0.05) is 19.0 Å². The minimum atomic E-state index is 0.206. The van der Waals surface area contributed by atoms with Gasteiger partial charge in [-0.25, -0.2) is 0 Å². The van der Waals surface area contributed by atoms with Crippen LogP contribution in [0.1, 0.15) is 12.1 Å². The van der Waals surface area contributed by atoms with Crippen LogP contribution in [-0.2, 0) is 7.05 Å². The lowest BCUT2D eigenvalue weighted by atomic mass is 10.1. The summed E-state index contributed by atoms with van der Waals surface area (Å²) in [6.45, 7) is 3.14. The number of hydrogen-bond acceptors (Lipinski definition) is 4. The molecular weight excluding hydrogens is 244 g/mol. The molecule has 0 unspecified atom stereocenters. The Bertz CT molecular complexity index is 619. The minimum Gasteiger partial charge on any atom is -0.504 e. The lowest BCUT2D eigenvalue weighted by Crippen LogP contribution is -1.97. The molecule has 0 saturated heterocycles. The smallest absolute Gasteiger partial charge is 0.164 e. The van der Waals surface area contributed by atoms with E-state index in [4.69, 9.17) is 9.47 Å². The molecule has 0 saturated carbocycles. The maximum atomic E-state index is 10.1. The van der Waals surface area contributed by atoms with Crippen molar-refractivity contribution in [2.45, 2.75) is 13.3 Å². The normalized spacial score (nSPS) is 14.2. The maximum absolute atomic E-state index is 10.1. The van der Waals surface area contributed by atoms with E-state index in [1.165, 1.54) is 0 Å². The van der Waals surface area contributed by atoms with Crippen LogP contribution in [0.2, 0.25) is 0 Å². The molecule has 3 rings (SSSR count). The first kappa shape index (κ1) is 11.9. The van der Waals surface area contributed by atoms with Crippen molar-refractivity contribution >= 4 is 0 Å². The number of aromatic nitrogens is 2. The van der Waals surface area contributed by atoms with Gasteiger partial charge >= 0.3 is 0 Å². The lowest BCUT2D eigenvalue weighted by Gasteiger charge is -2.08. The highest BCUT2D eigenvalue weighted by Crippen LogP contribution is 2.37. The fourth-order valence-electron chi connectivity index (χ4n) is 2.10. The van der Waals surface area contributed by atoms with Crippen molar-refractivity contribution in [1.29, 1.82) is 0 Å². The quantitative estimate of drug-likeness (QED) is 0.854. The first-order valence-electron chi connectivity index (χ1n) is 6.29. The van der Waals surface area contributed by atoms with Gasteiger partial charge in [0.05, 0.1) is 18.9 Å². The maximum Gasteiger partial charge on any atom is 0.164 e. The molecule has 0 atom stereocenters. The Morgan fingerprint density at radius 1 is 1.21 bits per heavy atom.